The highest BCUT2D eigenvalue weighted by molar-refractivity contribution is 9.10. The molecule has 1 atom stereocenters. The van der Waals surface area contributed by atoms with Crippen LogP contribution in [0.15, 0.2) is 71.0 Å². The lowest BCUT2D eigenvalue weighted by Gasteiger charge is -2.22. The van der Waals surface area contributed by atoms with Gasteiger partial charge in [-0.3, -0.25) is 24.8 Å². The Hall–Kier alpha value is -2.69. The van der Waals surface area contributed by atoms with Crippen LogP contribution in [0.25, 0.3) is 0 Å². The van der Waals surface area contributed by atoms with E-state index in [1.54, 1.807) is 41.7 Å². The van der Waals surface area contributed by atoms with Gasteiger partial charge in [-0.25, -0.2) is 10.3 Å². The fraction of sp³-hybridized carbons (Fsp3) is 0.200. The molecular weight excluding hydrogens is 472 g/mol. The summed E-state index contributed by atoms with van der Waals surface area (Å²) in [6.07, 6.45) is 9.87. The minimum absolute atomic E-state index is 0.0987. The average molecular weight is 491 g/mol. The number of carbonyl (C=O) groups is 1. The van der Waals surface area contributed by atoms with E-state index >= 15 is 0 Å². The van der Waals surface area contributed by atoms with Gasteiger partial charge in [0.05, 0.1) is 11.5 Å². The molecule has 1 aromatic carbocycles. The van der Waals surface area contributed by atoms with Crippen LogP contribution >= 0.6 is 27.7 Å². The van der Waals surface area contributed by atoms with Crippen molar-refractivity contribution in [3.8, 4) is 0 Å². The van der Waals surface area contributed by atoms with Gasteiger partial charge in [-0.2, -0.15) is 0 Å². The molecule has 8 nitrogen and oxygen atoms in total. The van der Waals surface area contributed by atoms with Crippen molar-refractivity contribution in [2.24, 2.45) is 0 Å². The molecule has 1 unspecified atom stereocenters. The van der Waals surface area contributed by atoms with Crippen LogP contribution in [-0.4, -0.2) is 27.4 Å². The molecule has 0 saturated carbocycles. The SMILES string of the molecule is O=C(NOCC=CCCc1ccc(Br)cc1[N+](=O)[O-])N1C=CSC1c1ccncc1. The number of amides is 2. The van der Waals surface area contributed by atoms with Crippen molar-refractivity contribution in [3.63, 3.8) is 0 Å². The van der Waals surface area contributed by atoms with Crippen molar-refractivity contribution in [2.45, 2.75) is 18.2 Å². The van der Waals surface area contributed by atoms with E-state index in [4.69, 9.17) is 4.84 Å². The number of pyridine rings is 1. The maximum Gasteiger partial charge on any atom is 0.346 e. The summed E-state index contributed by atoms with van der Waals surface area (Å²) in [5.74, 6) is 0. The molecule has 0 fully saturated rings. The minimum atomic E-state index is -0.382. The molecule has 2 heterocycles. The van der Waals surface area contributed by atoms with Crippen molar-refractivity contribution in [3.05, 3.63) is 92.2 Å². The van der Waals surface area contributed by atoms with E-state index in [1.165, 1.54) is 17.8 Å². The fourth-order valence-corrected chi connectivity index (χ4v) is 4.12. The maximum atomic E-state index is 12.3. The summed E-state index contributed by atoms with van der Waals surface area (Å²) >= 11 is 4.77. The normalized spacial score (nSPS) is 15.6. The summed E-state index contributed by atoms with van der Waals surface area (Å²) in [6.45, 7) is 0.193. The Balaban J connectivity index is 1.41. The molecule has 2 aromatic rings. The van der Waals surface area contributed by atoms with Crippen LogP contribution in [0.2, 0.25) is 0 Å². The third-order valence-electron chi connectivity index (χ3n) is 4.24. The standard InChI is InChI=1S/C20H19BrN4O4S/c21-17-6-5-15(18(14-17)25(27)28)4-2-1-3-12-29-23-20(26)24-11-13-30-19(24)16-7-9-22-10-8-16/h1,3,5-11,13-14,19H,2,4,12H2,(H,23,26). The van der Waals surface area contributed by atoms with Gasteiger partial charge in [0.25, 0.3) is 5.69 Å². The number of rotatable bonds is 8. The summed E-state index contributed by atoms with van der Waals surface area (Å²) in [7, 11) is 0. The minimum Gasteiger partial charge on any atom is -0.282 e. The van der Waals surface area contributed by atoms with E-state index in [-0.39, 0.29) is 28.6 Å². The number of hydroxylamine groups is 1. The number of aryl methyl sites for hydroxylation is 1. The molecule has 0 bridgehead atoms. The summed E-state index contributed by atoms with van der Waals surface area (Å²) in [4.78, 5) is 33.9. The first-order valence-corrected chi connectivity index (χ1v) is 10.8. The number of carbonyl (C=O) groups excluding carboxylic acids is 1. The van der Waals surface area contributed by atoms with Crippen LogP contribution in [0.1, 0.15) is 22.9 Å². The fourth-order valence-electron chi connectivity index (χ4n) is 2.81. The van der Waals surface area contributed by atoms with Crippen LogP contribution in [0.3, 0.4) is 0 Å². The number of nitrogens with one attached hydrogen (secondary N) is 1. The summed E-state index contributed by atoms with van der Waals surface area (Å²) < 4.78 is 0.676. The third kappa shape index (κ3) is 5.91. The van der Waals surface area contributed by atoms with Gasteiger partial charge in [0, 0.05) is 34.7 Å². The number of hydrogen-bond donors (Lipinski definition) is 1. The van der Waals surface area contributed by atoms with E-state index in [0.717, 1.165) is 5.56 Å². The molecule has 0 radical (unpaired) electrons. The van der Waals surface area contributed by atoms with Gasteiger partial charge in [-0.15, -0.1) is 11.8 Å². The average Bonchev–Trinajstić information content (AvgIpc) is 3.24. The Kier molecular flexibility index (Phi) is 8.00. The van der Waals surface area contributed by atoms with Gasteiger partial charge < -0.3 is 0 Å². The van der Waals surface area contributed by atoms with E-state index in [9.17, 15) is 14.9 Å². The Morgan fingerprint density at radius 3 is 2.90 bits per heavy atom. The number of nitrogens with zero attached hydrogens (tertiary/aromatic N) is 3. The Bertz CT molecular complexity index is 955. The second-order valence-corrected chi connectivity index (χ2v) is 8.13. The van der Waals surface area contributed by atoms with Crippen LogP contribution in [0.5, 0.6) is 0 Å². The number of thioether (sulfide) groups is 1. The number of halogens is 1. The van der Waals surface area contributed by atoms with Gasteiger partial charge in [-0.1, -0.05) is 34.1 Å². The molecular formula is C20H19BrN4O4S. The highest BCUT2D eigenvalue weighted by Gasteiger charge is 2.27. The van der Waals surface area contributed by atoms with Crippen LogP contribution in [0.4, 0.5) is 10.5 Å². The van der Waals surface area contributed by atoms with Crippen molar-refractivity contribution in [1.29, 1.82) is 0 Å². The van der Waals surface area contributed by atoms with Gasteiger partial charge in [0.15, 0.2) is 0 Å². The molecule has 10 heteroatoms. The molecule has 0 spiro atoms. The number of allylic oxidation sites excluding steroid dienone is 1. The Labute approximate surface area is 186 Å². The lowest BCUT2D eigenvalue weighted by atomic mass is 10.1. The molecule has 0 saturated heterocycles. The largest absolute Gasteiger partial charge is 0.346 e. The summed E-state index contributed by atoms with van der Waals surface area (Å²) in [6, 6.07) is 8.40. The molecule has 1 aliphatic rings. The smallest absolute Gasteiger partial charge is 0.282 e. The lowest BCUT2D eigenvalue weighted by Crippen LogP contribution is -2.36. The highest BCUT2D eigenvalue weighted by Crippen LogP contribution is 2.38. The van der Waals surface area contributed by atoms with Crippen LogP contribution in [-0.2, 0) is 11.3 Å². The van der Waals surface area contributed by atoms with Crippen LogP contribution in [0, 0.1) is 10.1 Å². The Morgan fingerprint density at radius 2 is 2.13 bits per heavy atom. The molecule has 1 aromatic heterocycles. The molecule has 1 N–H and O–H groups in total. The van der Waals surface area contributed by atoms with E-state index in [2.05, 4.69) is 26.4 Å². The zero-order chi connectivity index (χ0) is 21.3. The second-order valence-electron chi connectivity index (χ2n) is 6.22. The maximum absolute atomic E-state index is 12.3. The van der Waals surface area contributed by atoms with E-state index < -0.39 is 0 Å². The van der Waals surface area contributed by atoms with Crippen molar-refractivity contribution >= 4 is 39.4 Å². The van der Waals surface area contributed by atoms with Gasteiger partial charge in [0.1, 0.15) is 5.37 Å². The lowest BCUT2D eigenvalue weighted by molar-refractivity contribution is -0.385. The van der Waals surface area contributed by atoms with Crippen molar-refractivity contribution in [1.82, 2.24) is 15.4 Å². The number of nitro groups is 1. The molecule has 2 amide bonds. The first-order valence-electron chi connectivity index (χ1n) is 9.06. The van der Waals surface area contributed by atoms with Gasteiger partial charge >= 0.3 is 6.03 Å². The summed E-state index contributed by atoms with van der Waals surface area (Å²) in [5, 5.41) is 12.8. The van der Waals surface area contributed by atoms with Crippen molar-refractivity contribution < 1.29 is 14.6 Å². The first-order chi connectivity index (χ1) is 14.6. The quantitative estimate of drug-likeness (QED) is 0.239. The topological polar surface area (TPSA) is 97.6 Å². The molecule has 30 heavy (non-hydrogen) atoms. The van der Waals surface area contributed by atoms with Crippen LogP contribution < -0.4 is 5.48 Å². The molecule has 0 aliphatic carbocycles. The predicted octanol–water partition coefficient (Wildman–Crippen LogP) is 5.10. The van der Waals surface area contributed by atoms with E-state index in [1.807, 2.05) is 23.6 Å². The van der Waals surface area contributed by atoms with Gasteiger partial charge in [0.2, 0.25) is 0 Å². The molecule has 3 rings (SSSR count). The number of urea groups is 1. The van der Waals surface area contributed by atoms with Gasteiger partial charge in [-0.05, 0) is 42.0 Å². The zero-order valence-electron chi connectivity index (χ0n) is 15.8. The first kappa shape index (κ1) is 22.0. The molecule has 156 valence electrons. The van der Waals surface area contributed by atoms with E-state index in [0.29, 0.717) is 22.9 Å². The number of aromatic nitrogens is 1. The highest BCUT2D eigenvalue weighted by atomic mass is 79.9. The van der Waals surface area contributed by atoms with Crippen molar-refractivity contribution in [2.75, 3.05) is 6.61 Å². The zero-order valence-corrected chi connectivity index (χ0v) is 18.2. The predicted molar refractivity (Wildman–Crippen MR) is 118 cm³/mol. The second kappa shape index (κ2) is 10.9. The molecule has 1 aliphatic heterocycles. The number of nitro benzene ring substituents is 1. The third-order valence-corrected chi connectivity index (χ3v) is 5.77. The Morgan fingerprint density at radius 1 is 1.33 bits per heavy atom. The number of hydrogen-bond acceptors (Lipinski definition) is 6. The summed E-state index contributed by atoms with van der Waals surface area (Å²) in [5.41, 5.74) is 4.16. The number of benzene rings is 1. The monoisotopic (exact) mass is 490 g/mol.